The van der Waals surface area contributed by atoms with E-state index in [9.17, 15) is 18.0 Å². The molecule has 2 aromatic carbocycles. The van der Waals surface area contributed by atoms with Crippen LogP contribution in [0.5, 0.6) is 0 Å². The van der Waals surface area contributed by atoms with Gasteiger partial charge in [-0.05, 0) is 68.0 Å². The van der Waals surface area contributed by atoms with Gasteiger partial charge >= 0.3 is 0 Å². The normalized spacial score (nSPS) is 14.8. The monoisotopic (exact) mass is 581 g/mol. The molecule has 7 nitrogen and oxygen atoms in total. The van der Waals surface area contributed by atoms with E-state index in [1.807, 2.05) is 19.1 Å². The Morgan fingerprint density at radius 3 is 2.32 bits per heavy atom. The molecule has 0 aromatic heterocycles. The zero-order valence-corrected chi connectivity index (χ0v) is 24.6. The van der Waals surface area contributed by atoms with Gasteiger partial charge in [-0.3, -0.25) is 13.9 Å². The van der Waals surface area contributed by atoms with Crippen molar-refractivity contribution in [3.63, 3.8) is 0 Å². The Morgan fingerprint density at radius 2 is 1.74 bits per heavy atom. The Balaban J connectivity index is 1.73. The molecule has 2 amide bonds. The summed E-state index contributed by atoms with van der Waals surface area (Å²) >= 11 is 12.4. The summed E-state index contributed by atoms with van der Waals surface area (Å²) < 4.78 is 26.3. The van der Waals surface area contributed by atoms with Crippen molar-refractivity contribution < 1.29 is 18.0 Å². The quantitative estimate of drug-likeness (QED) is 0.354. The SMILES string of the molecule is CCc1ccc(N(CCCC(=O)N(Cc2ccc(Cl)cc2Cl)C(C)C(=O)NC2CCCC2)S(C)(=O)=O)cc1. The molecule has 1 aliphatic rings. The van der Waals surface area contributed by atoms with Gasteiger partial charge in [-0.15, -0.1) is 0 Å². The van der Waals surface area contributed by atoms with Gasteiger partial charge in [0.15, 0.2) is 0 Å². The van der Waals surface area contributed by atoms with Crippen LogP contribution < -0.4 is 9.62 Å². The molecule has 1 unspecified atom stereocenters. The minimum absolute atomic E-state index is 0.0747. The van der Waals surface area contributed by atoms with E-state index in [1.165, 1.54) is 9.21 Å². The molecule has 0 bridgehead atoms. The molecular weight excluding hydrogens is 545 g/mol. The highest BCUT2D eigenvalue weighted by Crippen LogP contribution is 2.25. The van der Waals surface area contributed by atoms with Crippen molar-refractivity contribution in [3.05, 3.63) is 63.6 Å². The minimum atomic E-state index is -3.54. The first-order valence-corrected chi connectivity index (χ1v) is 15.7. The van der Waals surface area contributed by atoms with E-state index < -0.39 is 16.1 Å². The van der Waals surface area contributed by atoms with Crippen molar-refractivity contribution in [2.45, 2.75) is 77.4 Å². The van der Waals surface area contributed by atoms with Crippen LogP contribution in [-0.2, 0) is 32.6 Å². The fourth-order valence-corrected chi connectivity index (χ4v) is 6.14. The Kier molecular flexibility index (Phi) is 10.9. The molecule has 2 aromatic rings. The predicted octanol–water partition coefficient (Wildman–Crippen LogP) is 5.58. The predicted molar refractivity (Wildman–Crippen MR) is 154 cm³/mol. The van der Waals surface area contributed by atoms with Crippen LogP contribution in [0.15, 0.2) is 42.5 Å². The summed E-state index contributed by atoms with van der Waals surface area (Å²) in [5, 5.41) is 3.97. The number of rotatable bonds is 12. The third-order valence-electron chi connectivity index (χ3n) is 7.01. The van der Waals surface area contributed by atoms with Crippen LogP contribution in [0.4, 0.5) is 5.69 Å². The highest BCUT2D eigenvalue weighted by atomic mass is 35.5. The van der Waals surface area contributed by atoms with E-state index in [2.05, 4.69) is 5.32 Å². The molecule has 1 N–H and O–H groups in total. The summed E-state index contributed by atoms with van der Waals surface area (Å²) in [5.41, 5.74) is 2.35. The first-order chi connectivity index (χ1) is 18.0. The van der Waals surface area contributed by atoms with Gasteiger partial charge in [0.2, 0.25) is 21.8 Å². The first kappa shape index (κ1) is 30.3. The number of nitrogens with zero attached hydrogens (tertiary/aromatic N) is 2. The summed E-state index contributed by atoms with van der Waals surface area (Å²) in [4.78, 5) is 28.1. The largest absolute Gasteiger partial charge is 0.352 e. The molecule has 10 heteroatoms. The standard InChI is InChI=1S/C28H37Cl2N3O4S/c1-4-21-11-15-25(16-12-21)33(38(3,36)37)17-7-10-27(34)32(19-22-13-14-23(29)18-26(22)30)20(2)28(35)31-24-8-5-6-9-24/h11-16,18,20,24H,4-10,17,19H2,1-3H3,(H,31,35). The minimum Gasteiger partial charge on any atom is -0.352 e. The van der Waals surface area contributed by atoms with Crippen LogP contribution in [0, 0.1) is 0 Å². The summed E-state index contributed by atoms with van der Waals surface area (Å²) in [7, 11) is -3.54. The number of nitrogens with one attached hydrogen (secondary N) is 1. The second-order valence-corrected chi connectivity index (χ2v) is 12.6. The van der Waals surface area contributed by atoms with Crippen LogP contribution in [0.2, 0.25) is 10.0 Å². The van der Waals surface area contributed by atoms with Crippen LogP contribution in [0.1, 0.15) is 63.5 Å². The van der Waals surface area contributed by atoms with E-state index in [-0.39, 0.29) is 37.4 Å². The summed E-state index contributed by atoms with van der Waals surface area (Å²) in [6, 6.07) is 11.8. The number of anilines is 1. The number of carbonyl (C=O) groups is 2. The molecule has 1 aliphatic carbocycles. The first-order valence-electron chi connectivity index (χ1n) is 13.1. The topological polar surface area (TPSA) is 86.8 Å². The second-order valence-electron chi connectivity index (χ2n) is 9.88. The lowest BCUT2D eigenvalue weighted by atomic mass is 10.1. The fraction of sp³-hybridized carbons (Fsp3) is 0.500. The van der Waals surface area contributed by atoms with Crippen molar-refractivity contribution in [1.29, 1.82) is 0 Å². The number of sulfonamides is 1. The lowest BCUT2D eigenvalue weighted by Gasteiger charge is -2.30. The van der Waals surface area contributed by atoms with Crippen LogP contribution in [0.25, 0.3) is 0 Å². The number of aryl methyl sites for hydroxylation is 1. The summed E-state index contributed by atoms with van der Waals surface area (Å²) in [6.45, 7) is 4.04. The number of carbonyl (C=O) groups excluding carboxylic acids is 2. The van der Waals surface area contributed by atoms with Crippen molar-refractivity contribution in [2.24, 2.45) is 0 Å². The Bertz CT molecular complexity index is 1220. The van der Waals surface area contributed by atoms with Gasteiger partial charge in [0, 0.05) is 35.6 Å². The molecule has 0 spiro atoms. The number of amides is 2. The highest BCUT2D eigenvalue weighted by Gasteiger charge is 2.29. The molecule has 3 rings (SSSR count). The molecule has 1 fully saturated rings. The maximum absolute atomic E-state index is 13.5. The van der Waals surface area contributed by atoms with Gasteiger partial charge in [0.1, 0.15) is 6.04 Å². The van der Waals surface area contributed by atoms with Gasteiger partial charge in [-0.2, -0.15) is 0 Å². The third kappa shape index (κ3) is 8.35. The zero-order valence-electron chi connectivity index (χ0n) is 22.3. The van der Waals surface area contributed by atoms with E-state index in [1.54, 1.807) is 37.3 Å². The van der Waals surface area contributed by atoms with E-state index >= 15 is 0 Å². The number of halogens is 2. The molecule has 0 aliphatic heterocycles. The Morgan fingerprint density at radius 1 is 1.08 bits per heavy atom. The molecule has 0 heterocycles. The second kappa shape index (κ2) is 13.7. The van der Waals surface area contributed by atoms with Crippen molar-refractivity contribution in [1.82, 2.24) is 10.2 Å². The Labute approximate surface area is 236 Å². The molecule has 38 heavy (non-hydrogen) atoms. The Hall–Kier alpha value is -2.29. The highest BCUT2D eigenvalue weighted by molar-refractivity contribution is 7.92. The van der Waals surface area contributed by atoms with Gasteiger partial charge < -0.3 is 10.2 Å². The van der Waals surface area contributed by atoms with Gasteiger partial charge in [0.25, 0.3) is 0 Å². The number of hydrogen-bond donors (Lipinski definition) is 1. The summed E-state index contributed by atoms with van der Waals surface area (Å²) in [6.07, 6.45) is 6.43. The maximum atomic E-state index is 13.5. The molecular formula is C28H37Cl2N3O4S. The van der Waals surface area contributed by atoms with Gasteiger partial charge in [0.05, 0.1) is 11.9 Å². The van der Waals surface area contributed by atoms with Gasteiger partial charge in [-0.1, -0.05) is 61.2 Å². The molecule has 0 radical (unpaired) electrons. The lowest BCUT2D eigenvalue weighted by molar-refractivity contribution is -0.140. The molecule has 1 atom stereocenters. The maximum Gasteiger partial charge on any atom is 0.242 e. The molecule has 1 saturated carbocycles. The van der Waals surface area contributed by atoms with Crippen LogP contribution >= 0.6 is 23.2 Å². The van der Waals surface area contributed by atoms with E-state index in [0.717, 1.165) is 43.9 Å². The number of hydrogen-bond acceptors (Lipinski definition) is 4. The molecule has 208 valence electrons. The number of benzene rings is 2. The van der Waals surface area contributed by atoms with Crippen molar-refractivity contribution in [2.75, 3.05) is 17.1 Å². The van der Waals surface area contributed by atoms with E-state index in [0.29, 0.717) is 27.7 Å². The zero-order chi connectivity index (χ0) is 27.9. The third-order valence-corrected chi connectivity index (χ3v) is 8.79. The average Bonchev–Trinajstić information content (AvgIpc) is 3.38. The smallest absolute Gasteiger partial charge is 0.242 e. The van der Waals surface area contributed by atoms with Crippen molar-refractivity contribution in [3.8, 4) is 0 Å². The lowest BCUT2D eigenvalue weighted by Crippen LogP contribution is -2.49. The average molecular weight is 583 g/mol. The van der Waals surface area contributed by atoms with E-state index in [4.69, 9.17) is 23.2 Å². The fourth-order valence-electron chi connectivity index (χ4n) is 4.71. The van der Waals surface area contributed by atoms with Crippen LogP contribution in [-0.4, -0.2) is 50.0 Å². The molecule has 0 saturated heterocycles. The van der Waals surface area contributed by atoms with Crippen LogP contribution in [0.3, 0.4) is 0 Å². The van der Waals surface area contributed by atoms with Gasteiger partial charge in [-0.25, -0.2) is 8.42 Å². The summed E-state index contributed by atoms with van der Waals surface area (Å²) in [5.74, 6) is -0.455. The van der Waals surface area contributed by atoms with Crippen molar-refractivity contribution >= 4 is 50.7 Å².